The molecule has 0 saturated carbocycles. The second-order valence-electron chi connectivity index (χ2n) is 3.03. The Morgan fingerprint density at radius 3 is 2.69 bits per heavy atom. The van der Waals surface area contributed by atoms with Gasteiger partial charge in [-0.15, -0.1) is 0 Å². The summed E-state index contributed by atoms with van der Waals surface area (Å²) in [6.45, 7) is -0.316. The van der Waals surface area contributed by atoms with E-state index in [0.29, 0.717) is 5.75 Å². The summed E-state index contributed by atoms with van der Waals surface area (Å²) in [5.74, 6) is 0.485. The molecule has 16 heavy (non-hydrogen) atoms. The number of sulfonamides is 1. The number of aliphatic hydroxyl groups excluding tert-OH is 1. The predicted molar refractivity (Wildman–Crippen MR) is 59.7 cm³/mol. The number of nitrogens with two attached hydrogens (primary N) is 1. The highest BCUT2D eigenvalue weighted by atomic mass is 32.2. The molecular formula is C9H14N2O4S. The van der Waals surface area contributed by atoms with Crippen LogP contribution in [0.3, 0.4) is 0 Å². The monoisotopic (exact) mass is 246 g/mol. The van der Waals surface area contributed by atoms with E-state index in [1.54, 1.807) is 0 Å². The Labute approximate surface area is 94.1 Å². The Balaban J connectivity index is 3.04. The van der Waals surface area contributed by atoms with Crippen LogP contribution in [-0.4, -0.2) is 33.8 Å². The molecule has 0 aliphatic carbocycles. The number of anilines is 1. The minimum absolute atomic E-state index is 0.0262. The molecule has 1 aromatic carbocycles. The number of nitrogens with one attached hydrogen (secondary N) is 1. The molecule has 0 aliphatic rings. The summed E-state index contributed by atoms with van der Waals surface area (Å²) < 4.78 is 30.5. The van der Waals surface area contributed by atoms with E-state index in [4.69, 9.17) is 15.6 Å². The van der Waals surface area contributed by atoms with Gasteiger partial charge < -0.3 is 15.6 Å². The molecule has 0 saturated heterocycles. The summed E-state index contributed by atoms with van der Waals surface area (Å²) in [6.07, 6.45) is 0. The third kappa shape index (κ3) is 2.84. The van der Waals surface area contributed by atoms with E-state index in [9.17, 15) is 8.42 Å². The van der Waals surface area contributed by atoms with Crippen molar-refractivity contribution in [2.75, 3.05) is 26.0 Å². The zero-order chi connectivity index (χ0) is 12.2. The number of rotatable bonds is 5. The molecule has 0 unspecified atom stereocenters. The van der Waals surface area contributed by atoms with E-state index in [2.05, 4.69) is 4.72 Å². The zero-order valence-electron chi connectivity index (χ0n) is 8.80. The van der Waals surface area contributed by atoms with E-state index in [-0.39, 0.29) is 23.7 Å². The van der Waals surface area contributed by atoms with Crippen molar-refractivity contribution in [3.63, 3.8) is 0 Å². The predicted octanol–water partition coefficient (Wildman–Crippen LogP) is -0.452. The Hall–Kier alpha value is -1.31. The standard InChI is InChI=1S/C9H14N2O4S/c1-15-7-2-3-9(8(10)6-7)16(13,14)11-4-5-12/h2-3,6,11-12H,4-5,10H2,1H3. The topological polar surface area (TPSA) is 102 Å². The van der Waals surface area contributed by atoms with Gasteiger partial charge >= 0.3 is 0 Å². The number of aliphatic hydroxyl groups is 1. The highest BCUT2D eigenvalue weighted by molar-refractivity contribution is 7.89. The van der Waals surface area contributed by atoms with Crippen molar-refractivity contribution in [3.8, 4) is 5.75 Å². The van der Waals surface area contributed by atoms with Crippen molar-refractivity contribution >= 4 is 15.7 Å². The van der Waals surface area contributed by atoms with Crippen LogP contribution in [-0.2, 0) is 10.0 Å². The van der Waals surface area contributed by atoms with Crippen LogP contribution in [0.1, 0.15) is 0 Å². The first-order chi connectivity index (χ1) is 7.51. The molecule has 4 N–H and O–H groups in total. The van der Waals surface area contributed by atoms with Crippen LogP contribution in [0, 0.1) is 0 Å². The SMILES string of the molecule is COc1ccc(S(=O)(=O)NCCO)c(N)c1. The summed E-state index contributed by atoms with van der Waals surface area (Å²) in [7, 11) is -2.20. The Bertz CT molecular complexity index is 459. The lowest BCUT2D eigenvalue weighted by Crippen LogP contribution is -2.27. The van der Waals surface area contributed by atoms with E-state index in [1.807, 2.05) is 0 Å². The molecule has 0 spiro atoms. The lowest BCUT2D eigenvalue weighted by atomic mass is 10.3. The molecule has 0 amide bonds. The van der Waals surface area contributed by atoms with Crippen molar-refractivity contribution in [2.45, 2.75) is 4.90 Å². The van der Waals surface area contributed by atoms with Gasteiger partial charge in [-0.05, 0) is 12.1 Å². The molecule has 0 aromatic heterocycles. The summed E-state index contributed by atoms with van der Waals surface area (Å²) in [5.41, 5.74) is 5.69. The summed E-state index contributed by atoms with van der Waals surface area (Å²) in [5, 5.41) is 8.55. The molecule has 0 radical (unpaired) electrons. The number of hydrogen-bond acceptors (Lipinski definition) is 5. The number of nitrogen functional groups attached to an aromatic ring is 1. The Morgan fingerprint density at radius 2 is 2.19 bits per heavy atom. The fourth-order valence-corrected chi connectivity index (χ4v) is 2.29. The molecule has 90 valence electrons. The summed E-state index contributed by atoms with van der Waals surface area (Å²) in [6, 6.07) is 4.28. The van der Waals surface area contributed by atoms with Gasteiger partial charge in [-0.25, -0.2) is 13.1 Å². The average Bonchev–Trinajstić information content (AvgIpc) is 2.25. The average molecular weight is 246 g/mol. The van der Waals surface area contributed by atoms with Crippen molar-refractivity contribution in [1.82, 2.24) is 4.72 Å². The maximum absolute atomic E-state index is 11.7. The summed E-state index contributed by atoms with van der Waals surface area (Å²) >= 11 is 0. The molecule has 7 heteroatoms. The van der Waals surface area contributed by atoms with Crippen molar-refractivity contribution in [3.05, 3.63) is 18.2 Å². The Morgan fingerprint density at radius 1 is 1.50 bits per heavy atom. The van der Waals surface area contributed by atoms with Gasteiger partial charge in [-0.1, -0.05) is 0 Å². The van der Waals surface area contributed by atoms with Gasteiger partial charge in [0.25, 0.3) is 0 Å². The van der Waals surface area contributed by atoms with E-state index in [1.165, 1.54) is 25.3 Å². The van der Waals surface area contributed by atoms with Crippen LogP contribution in [0.4, 0.5) is 5.69 Å². The molecule has 6 nitrogen and oxygen atoms in total. The maximum atomic E-state index is 11.7. The first-order valence-corrected chi connectivity index (χ1v) is 6.03. The second kappa shape index (κ2) is 5.15. The quantitative estimate of drug-likeness (QED) is 0.611. The molecule has 0 aliphatic heterocycles. The van der Waals surface area contributed by atoms with E-state index >= 15 is 0 Å². The molecule has 0 heterocycles. The zero-order valence-corrected chi connectivity index (χ0v) is 9.62. The number of hydrogen-bond donors (Lipinski definition) is 3. The molecule has 1 rings (SSSR count). The van der Waals surface area contributed by atoms with Crippen molar-refractivity contribution in [1.29, 1.82) is 0 Å². The van der Waals surface area contributed by atoms with E-state index in [0.717, 1.165) is 0 Å². The molecule has 1 aromatic rings. The maximum Gasteiger partial charge on any atom is 0.242 e. The number of benzene rings is 1. The number of methoxy groups -OCH3 is 1. The fraction of sp³-hybridized carbons (Fsp3) is 0.333. The van der Waals surface area contributed by atoms with Crippen LogP contribution in [0.15, 0.2) is 23.1 Å². The van der Waals surface area contributed by atoms with Crippen LogP contribution in [0.2, 0.25) is 0 Å². The van der Waals surface area contributed by atoms with Gasteiger partial charge in [-0.2, -0.15) is 0 Å². The van der Waals surface area contributed by atoms with Gasteiger partial charge in [0.1, 0.15) is 10.6 Å². The largest absolute Gasteiger partial charge is 0.497 e. The van der Waals surface area contributed by atoms with Gasteiger partial charge in [0.05, 0.1) is 19.4 Å². The molecular weight excluding hydrogens is 232 g/mol. The van der Waals surface area contributed by atoms with Crippen LogP contribution in [0.5, 0.6) is 5.75 Å². The molecule has 0 bridgehead atoms. The first kappa shape index (κ1) is 12.8. The van der Waals surface area contributed by atoms with E-state index < -0.39 is 10.0 Å². The highest BCUT2D eigenvalue weighted by Gasteiger charge is 2.16. The highest BCUT2D eigenvalue weighted by Crippen LogP contribution is 2.23. The van der Waals surface area contributed by atoms with Gasteiger partial charge in [-0.3, -0.25) is 0 Å². The molecule has 0 atom stereocenters. The van der Waals surface area contributed by atoms with Crippen molar-refractivity contribution in [2.24, 2.45) is 0 Å². The summed E-state index contributed by atoms with van der Waals surface area (Å²) in [4.78, 5) is -0.0262. The Kier molecular flexibility index (Phi) is 4.11. The minimum atomic E-state index is -3.67. The molecule has 0 fully saturated rings. The van der Waals surface area contributed by atoms with Gasteiger partial charge in [0.15, 0.2) is 0 Å². The lowest BCUT2D eigenvalue weighted by molar-refractivity contribution is 0.301. The second-order valence-corrected chi connectivity index (χ2v) is 4.76. The lowest BCUT2D eigenvalue weighted by Gasteiger charge is -2.09. The van der Waals surface area contributed by atoms with Crippen molar-refractivity contribution < 1.29 is 18.3 Å². The third-order valence-electron chi connectivity index (χ3n) is 1.91. The van der Waals surface area contributed by atoms with Crippen LogP contribution >= 0.6 is 0 Å². The number of ether oxygens (including phenoxy) is 1. The normalized spacial score (nSPS) is 11.4. The van der Waals surface area contributed by atoms with Crippen LogP contribution < -0.4 is 15.2 Å². The first-order valence-electron chi connectivity index (χ1n) is 4.55. The van der Waals surface area contributed by atoms with Crippen LogP contribution in [0.25, 0.3) is 0 Å². The third-order valence-corrected chi connectivity index (χ3v) is 3.45. The van der Waals surface area contributed by atoms with Gasteiger partial charge in [0, 0.05) is 12.6 Å². The smallest absolute Gasteiger partial charge is 0.242 e. The fourth-order valence-electron chi connectivity index (χ4n) is 1.16. The van der Waals surface area contributed by atoms with Gasteiger partial charge in [0.2, 0.25) is 10.0 Å². The minimum Gasteiger partial charge on any atom is -0.497 e.